The molecule has 0 saturated carbocycles. The minimum atomic E-state index is -0.827. The van der Waals surface area contributed by atoms with Crippen molar-refractivity contribution in [3.63, 3.8) is 0 Å². The maximum atomic E-state index is 13.1. The van der Waals surface area contributed by atoms with E-state index in [1.165, 1.54) is 52.1 Å². The number of amides is 1. The number of benzene rings is 1. The zero-order valence-electron chi connectivity index (χ0n) is 20.9. The Balaban J connectivity index is 1.85. The summed E-state index contributed by atoms with van der Waals surface area (Å²) in [4.78, 5) is 25.4. The summed E-state index contributed by atoms with van der Waals surface area (Å²) in [6, 6.07) is 8.80. The highest BCUT2D eigenvalue weighted by molar-refractivity contribution is 5.87. The van der Waals surface area contributed by atoms with Gasteiger partial charge < -0.3 is 19.5 Å². The maximum Gasteiger partial charge on any atom is 0.328 e. The second kappa shape index (κ2) is 14.4. The van der Waals surface area contributed by atoms with Crippen molar-refractivity contribution >= 4 is 11.9 Å². The van der Waals surface area contributed by atoms with Gasteiger partial charge in [0.2, 0.25) is 0 Å². The molecule has 0 spiro atoms. The van der Waals surface area contributed by atoms with Gasteiger partial charge in [0.25, 0.3) is 5.91 Å². The van der Waals surface area contributed by atoms with Crippen LogP contribution in [0, 0.1) is 0 Å². The molecular weight excluding hydrogens is 418 g/mol. The van der Waals surface area contributed by atoms with Gasteiger partial charge >= 0.3 is 5.97 Å². The van der Waals surface area contributed by atoms with Gasteiger partial charge in [-0.3, -0.25) is 4.79 Å². The van der Waals surface area contributed by atoms with E-state index in [-0.39, 0.29) is 12.0 Å². The zero-order valence-corrected chi connectivity index (χ0v) is 20.9. The first-order valence-corrected chi connectivity index (χ1v) is 12.6. The van der Waals surface area contributed by atoms with E-state index in [2.05, 4.69) is 12.2 Å². The molecule has 0 radical (unpaired) electrons. The third-order valence-corrected chi connectivity index (χ3v) is 6.12. The number of rotatable bonds is 15. The third kappa shape index (κ3) is 9.85. The summed E-state index contributed by atoms with van der Waals surface area (Å²) in [5, 5.41) is 2.84. The van der Waals surface area contributed by atoms with Crippen molar-refractivity contribution in [2.75, 3.05) is 7.11 Å². The summed E-state index contributed by atoms with van der Waals surface area (Å²) in [5.41, 5.74) is 0.948. The quantitative estimate of drug-likeness (QED) is 0.282. The van der Waals surface area contributed by atoms with E-state index in [1.54, 1.807) is 0 Å². The highest BCUT2D eigenvalue weighted by Crippen LogP contribution is 2.31. The molecule has 0 aliphatic carbocycles. The van der Waals surface area contributed by atoms with Crippen LogP contribution in [0.4, 0.5) is 0 Å². The monoisotopic (exact) mass is 461 g/mol. The second-order valence-electron chi connectivity index (χ2n) is 9.49. The number of carbonyl (C=O) groups excluding carboxylic acids is 2. The maximum absolute atomic E-state index is 13.1. The molecule has 1 heterocycles. The van der Waals surface area contributed by atoms with E-state index in [0.29, 0.717) is 6.42 Å². The van der Waals surface area contributed by atoms with Gasteiger partial charge in [-0.1, -0.05) is 95.0 Å². The highest BCUT2D eigenvalue weighted by Gasteiger charge is 2.45. The van der Waals surface area contributed by atoms with Crippen molar-refractivity contribution < 1.29 is 23.8 Å². The fourth-order valence-corrected chi connectivity index (χ4v) is 4.36. The number of unbranched alkanes of at least 4 members (excludes halogenated alkanes) is 8. The Labute approximate surface area is 199 Å². The smallest absolute Gasteiger partial charge is 0.328 e. The van der Waals surface area contributed by atoms with Crippen LogP contribution in [-0.4, -0.2) is 43.0 Å². The molecule has 1 N–H and O–H groups in total. The lowest BCUT2D eigenvalue weighted by Gasteiger charge is -2.21. The predicted octanol–water partition coefficient (Wildman–Crippen LogP) is 5.33. The fourth-order valence-electron chi connectivity index (χ4n) is 4.36. The minimum absolute atomic E-state index is 0.320. The van der Waals surface area contributed by atoms with Crippen molar-refractivity contribution in [1.82, 2.24) is 5.32 Å². The summed E-state index contributed by atoms with van der Waals surface area (Å²) in [5.74, 6) is -1.62. The van der Waals surface area contributed by atoms with Gasteiger partial charge in [0.05, 0.1) is 13.2 Å². The van der Waals surface area contributed by atoms with Gasteiger partial charge in [-0.15, -0.1) is 0 Å². The first-order chi connectivity index (χ1) is 15.9. The average Bonchev–Trinajstić information content (AvgIpc) is 3.12. The van der Waals surface area contributed by atoms with Crippen LogP contribution < -0.4 is 5.32 Å². The average molecular weight is 462 g/mol. The van der Waals surface area contributed by atoms with Gasteiger partial charge in [-0.05, 0) is 25.8 Å². The molecule has 2 unspecified atom stereocenters. The van der Waals surface area contributed by atoms with Gasteiger partial charge in [-0.25, -0.2) is 4.79 Å². The molecule has 3 atom stereocenters. The molecule has 6 heteroatoms. The first kappa shape index (κ1) is 27.3. The molecule has 1 amide bonds. The van der Waals surface area contributed by atoms with Crippen LogP contribution >= 0.6 is 0 Å². The number of methoxy groups -OCH3 is 1. The van der Waals surface area contributed by atoms with Crippen LogP contribution in [0.5, 0.6) is 0 Å². The van der Waals surface area contributed by atoms with Gasteiger partial charge in [0.15, 0.2) is 11.9 Å². The lowest BCUT2D eigenvalue weighted by atomic mass is 10.0. The lowest BCUT2D eigenvalue weighted by molar-refractivity contribution is -0.157. The molecule has 33 heavy (non-hydrogen) atoms. The van der Waals surface area contributed by atoms with Crippen molar-refractivity contribution in [3.05, 3.63) is 35.9 Å². The largest absolute Gasteiger partial charge is 0.467 e. The summed E-state index contributed by atoms with van der Waals surface area (Å²) in [6.07, 6.45) is 11.2. The molecule has 0 aromatic heterocycles. The Morgan fingerprint density at radius 2 is 1.58 bits per heavy atom. The van der Waals surface area contributed by atoms with E-state index < -0.39 is 23.9 Å². The standard InChI is InChI=1S/C27H43NO5/c1-5-6-7-8-9-10-11-12-16-19-23-24(33-27(2,3)32-23)25(29)28-22(26(30)31-4)20-21-17-14-13-15-18-21/h13-15,17-18,22-24H,5-12,16,19-20H2,1-4H3,(H,28,29)/t22-,23?,24?/m0/s1. The summed E-state index contributed by atoms with van der Waals surface area (Å²) in [7, 11) is 1.33. The Morgan fingerprint density at radius 1 is 0.970 bits per heavy atom. The molecule has 186 valence electrons. The van der Waals surface area contributed by atoms with Crippen LogP contribution in [0.25, 0.3) is 0 Å². The SMILES string of the molecule is CCCCCCCCCCCC1OC(C)(C)OC1C(=O)N[C@@H](Cc1ccccc1)C(=O)OC. The molecule has 1 aromatic rings. The van der Waals surface area contributed by atoms with E-state index in [9.17, 15) is 9.59 Å². The van der Waals surface area contributed by atoms with Gasteiger partial charge in [0.1, 0.15) is 6.04 Å². The minimum Gasteiger partial charge on any atom is -0.467 e. The number of hydrogen-bond acceptors (Lipinski definition) is 5. The Kier molecular flexibility index (Phi) is 11.9. The van der Waals surface area contributed by atoms with Crippen LogP contribution in [0.3, 0.4) is 0 Å². The summed E-state index contributed by atoms with van der Waals surface area (Å²) < 4.78 is 16.9. The Morgan fingerprint density at radius 3 is 2.18 bits per heavy atom. The molecule has 2 rings (SSSR count). The molecule has 1 aliphatic rings. The van der Waals surface area contributed by atoms with E-state index in [4.69, 9.17) is 14.2 Å². The number of hydrogen-bond donors (Lipinski definition) is 1. The molecule has 1 aromatic carbocycles. The Hall–Kier alpha value is -1.92. The van der Waals surface area contributed by atoms with Crippen LogP contribution in [0.2, 0.25) is 0 Å². The van der Waals surface area contributed by atoms with Gasteiger partial charge in [-0.2, -0.15) is 0 Å². The van der Waals surface area contributed by atoms with Crippen molar-refractivity contribution in [3.8, 4) is 0 Å². The molecule has 0 bridgehead atoms. The highest BCUT2D eigenvalue weighted by atomic mass is 16.8. The van der Waals surface area contributed by atoms with E-state index >= 15 is 0 Å². The van der Waals surface area contributed by atoms with Crippen molar-refractivity contribution in [1.29, 1.82) is 0 Å². The molecule has 6 nitrogen and oxygen atoms in total. The third-order valence-electron chi connectivity index (χ3n) is 6.12. The second-order valence-corrected chi connectivity index (χ2v) is 9.49. The Bertz CT molecular complexity index is 706. The van der Waals surface area contributed by atoms with Crippen LogP contribution in [0.1, 0.15) is 90.5 Å². The van der Waals surface area contributed by atoms with Crippen molar-refractivity contribution in [2.45, 2.75) is 115 Å². The van der Waals surface area contributed by atoms with Crippen molar-refractivity contribution in [2.24, 2.45) is 0 Å². The number of esters is 1. The molecule has 1 saturated heterocycles. The summed E-state index contributed by atoms with van der Waals surface area (Å²) >= 11 is 0. The topological polar surface area (TPSA) is 73.9 Å². The summed E-state index contributed by atoms with van der Waals surface area (Å²) in [6.45, 7) is 5.89. The predicted molar refractivity (Wildman–Crippen MR) is 130 cm³/mol. The molecule has 1 fully saturated rings. The normalized spacial score (nSPS) is 20.4. The van der Waals surface area contributed by atoms with Crippen LogP contribution in [0.15, 0.2) is 30.3 Å². The van der Waals surface area contributed by atoms with E-state index in [1.807, 2.05) is 44.2 Å². The number of nitrogens with one attached hydrogen (secondary N) is 1. The lowest BCUT2D eigenvalue weighted by Crippen LogP contribution is -2.49. The first-order valence-electron chi connectivity index (χ1n) is 12.6. The van der Waals surface area contributed by atoms with E-state index in [0.717, 1.165) is 24.8 Å². The molecular formula is C27H43NO5. The zero-order chi connectivity index (χ0) is 24.1. The van der Waals surface area contributed by atoms with Crippen LogP contribution in [-0.2, 0) is 30.2 Å². The number of carbonyl (C=O) groups is 2. The molecule has 1 aliphatic heterocycles. The fraction of sp³-hybridized carbons (Fsp3) is 0.704. The van der Waals surface area contributed by atoms with Gasteiger partial charge in [0, 0.05) is 6.42 Å². The number of ether oxygens (including phenoxy) is 3.